The van der Waals surface area contributed by atoms with Crippen LogP contribution in [0.3, 0.4) is 0 Å². The number of carbonyl (C=O) groups is 1. The van der Waals surface area contributed by atoms with E-state index in [1.165, 1.54) is 23.0 Å². The first-order chi connectivity index (χ1) is 12.1. The van der Waals surface area contributed by atoms with Crippen LogP contribution >= 0.6 is 0 Å². The van der Waals surface area contributed by atoms with Gasteiger partial charge >= 0.3 is 6.18 Å². The summed E-state index contributed by atoms with van der Waals surface area (Å²) in [4.78, 5) is 12.5. The number of nitrogens with two attached hydrogens (primary N) is 1. The lowest BCUT2D eigenvalue weighted by Gasteiger charge is -2.18. The van der Waals surface area contributed by atoms with Gasteiger partial charge in [0.25, 0.3) is 5.91 Å². The summed E-state index contributed by atoms with van der Waals surface area (Å²) in [5.41, 5.74) is 5.94. The molecule has 1 atom stereocenters. The molecule has 0 spiro atoms. The highest BCUT2D eigenvalue weighted by molar-refractivity contribution is 5.95. The van der Waals surface area contributed by atoms with Gasteiger partial charge in [-0.05, 0) is 37.5 Å². The van der Waals surface area contributed by atoms with Crippen molar-refractivity contribution in [3.8, 4) is 5.69 Å². The standard InChI is InChI=1S/C18H23F3N4O/c1-11(2)7-14(9-22)24-17(26)16-10-23-25(12(16)3)15-6-4-5-13(8-15)18(19,20)21/h4-6,8,10-11,14H,7,9,22H2,1-3H3,(H,24,26). The zero-order valence-electron chi connectivity index (χ0n) is 15.0. The van der Waals surface area contributed by atoms with Gasteiger partial charge < -0.3 is 11.1 Å². The Morgan fingerprint density at radius 1 is 1.35 bits per heavy atom. The molecular formula is C18H23F3N4O. The molecular weight excluding hydrogens is 345 g/mol. The van der Waals surface area contributed by atoms with Gasteiger partial charge in [-0.15, -0.1) is 0 Å². The van der Waals surface area contributed by atoms with Crippen LogP contribution in [0.5, 0.6) is 0 Å². The molecule has 0 aliphatic heterocycles. The van der Waals surface area contributed by atoms with Gasteiger partial charge in [0.1, 0.15) is 0 Å². The van der Waals surface area contributed by atoms with Crippen LogP contribution < -0.4 is 11.1 Å². The van der Waals surface area contributed by atoms with Gasteiger partial charge in [-0.1, -0.05) is 19.9 Å². The first-order valence-corrected chi connectivity index (χ1v) is 8.36. The van der Waals surface area contributed by atoms with Crippen molar-refractivity contribution in [2.24, 2.45) is 11.7 Å². The molecule has 0 aliphatic rings. The molecule has 3 N–H and O–H groups in total. The van der Waals surface area contributed by atoms with Crippen LogP contribution in [-0.2, 0) is 6.18 Å². The summed E-state index contributed by atoms with van der Waals surface area (Å²) >= 11 is 0. The molecule has 8 heteroatoms. The third-order valence-corrected chi connectivity index (χ3v) is 4.05. The Morgan fingerprint density at radius 3 is 2.62 bits per heavy atom. The number of aromatic nitrogens is 2. The second-order valence-corrected chi connectivity index (χ2v) is 6.64. The van der Waals surface area contributed by atoms with Gasteiger partial charge in [0, 0.05) is 12.6 Å². The van der Waals surface area contributed by atoms with E-state index >= 15 is 0 Å². The normalized spacial score (nSPS) is 13.1. The summed E-state index contributed by atoms with van der Waals surface area (Å²) in [5.74, 6) is 0.0367. The fraction of sp³-hybridized carbons (Fsp3) is 0.444. The van der Waals surface area contributed by atoms with E-state index in [4.69, 9.17) is 5.73 Å². The number of benzene rings is 1. The van der Waals surface area contributed by atoms with E-state index in [2.05, 4.69) is 10.4 Å². The van der Waals surface area contributed by atoms with Gasteiger partial charge in [-0.3, -0.25) is 4.79 Å². The molecule has 1 amide bonds. The van der Waals surface area contributed by atoms with Crippen LogP contribution in [0.4, 0.5) is 13.2 Å². The topological polar surface area (TPSA) is 72.9 Å². The third kappa shape index (κ3) is 4.63. The Morgan fingerprint density at radius 2 is 2.04 bits per heavy atom. The Bertz CT molecular complexity index is 768. The van der Waals surface area contributed by atoms with Crippen LogP contribution in [0.25, 0.3) is 5.69 Å². The van der Waals surface area contributed by atoms with Crippen molar-refractivity contribution >= 4 is 5.91 Å². The van der Waals surface area contributed by atoms with Gasteiger partial charge in [0.15, 0.2) is 0 Å². The first kappa shape index (κ1) is 20.0. The van der Waals surface area contributed by atoms with E-state index in [0.717, 1.165) is 18.6 Å². The maximum atomic E-state index is 12.9. The van der Waals surface area contributed by atoms with E-state index in [-0.39, 0.29) is 17.6 Å². The van der Waals surface area contributed by atoms with Crippen LogP contribution in [0.15, 0.2) is 30.5 Å². The molecule has 0 saturated heterocycles. The van der Waals surface area contributed by atoms with Crippen LogP contribution in [0.1, 0.15) is 41.9 Å². The Balaban J connectivity index is 2.26. The van der Waals surface area contributed by atoms with E-state index in [1.54, 1.807) is 6.92 Å². The summed E-state index contributed by atoms with van der Waals surface area (Å²) in [7, 11) is 0. The van der Waals surface area contributed by atoms with Crippen molar-refractivity contribution < 1.29 is 18.0 Å². The van der Waals surface area contributed by atoms with E-state index in [9.17, 15) is 18.0 Å². The number of hydrogen-bond acceptors (Lipinski definition) is 3. The summed E-state index contributed by atoms with van der Waals surface area (Å²) in [6.45, 7) is 6.02. The Hall–Kier alpha value is -2.35. The summed E-state index contributed by atoms with van der Waals surface area (Å²) < 4.78 is 40.0. The zero-order valence-corrected chi connectivity index (χ0v) is 15.0. The monoisotopic (exact) mass is 368 g/mol. The molecule has 2 rings (SSSR count). The number of hydrogen-bond donors (Lipinski definition) is 2. The maximum Gasteiger partial charge on any atom is 0.416 e. The lowest BCUT2D eigenvalue weighted by Crippen LogP contribution is -2.41. The first-order valence-electron chi connectivity index (χ1n) is 8.36. The predicted octanol–water partition coefficient (Wildman–Crippen LogP) is 3.30. The largest absolute Gasteiger partial charge is 0.416 e. The highest BCUT2D eigenvalue weighted by Crippen LogP contribution is 2.30. The summed E-state index contributed by atoms with van der Waals surface area (Å²) in [6.07, 6.45) is -2.35. The van der Waals surface area contributed by atoms with Crippen molar-refractivity contribution in [2.45, 2.75) is 39.4 Å². The fourth-order valence-electron chi connectivity index (χ4n) is 2.75. The molecule has 5 nitrogen and oxygen atoms in total. The molecule has 142 valence electrons. The molecule has 0 aliphatic carbocycles. The number of amides is 1. The quantitative estimate of drug-likeness (QED) is 0.822. The highest BCUT2D eigenvalue weighted by Gasteiger charge is 2.30. The second-order valence-electron chi connectivity index (χ2n) is 6.64. The SMILES string of the molecule is Cc1c(C(=O)NC(CN)CC(C)C)cnn1-c1cccc(C(F)(F)F)c1. The Kier molecular flexibility index (Phi) is 6.07. The average molecular weight is 368 g/mol. The number of nitrogens with one attached hydrogen (secondary N) is 1. The minimum Gasteiger partial charge on any atom is -0.348 e. The Labute approximate surface area is 150 Å². The third-order valence-electron chi connectivity index (χ3n) is 4.05. The molecule has 0 radical (unpaired) electrons. The van der Waals surface area contributed by atoms with E-state index < -0.39 is 11.7 Å². The van der Waals surface area contributed by atoms with Crippen molar-refractivity contribution in [1.82, 2.24) is 15.1 Å². The number of halogens is 3. The summed E-state index contributed by atoms with van der Waals surface area (Å²) in [5, 5.41) is 6.94. The number of alkyl halides is 3. The molecule has 0 fully saturated rings. The summed E-state index contributed by atoms with van der Waals surface area (Å²) in [6, 6.07) is 4.65. The minimum atomic E-state index is -4.44. The van der Waals surface area contributed by atoms with Crippen molar-refractivity contribution in [3.63, 3.8) is 0 Å². The molecule has 1 unspecified atom stereocenters. The molecule has 1 aromatic carbocycles. The number of rotatable bonds is 6. The molecule has 2 aromatic rings. The van der Waals surface area contributed by atoms with Crippen molar-refractivity contribution in [3.05, 3.63) is 47.3 Å². The van der Waals surface area contributed by atoms with Crippen molar-refractivity contribution in [1.29, 1.82) is 0 Å². The number of nitrogens with zero attached hydrogens (tertiary/aromatic N) is 2. The van der Waals surface area contributed by atoms with Crippen LogP contribution in [0.2, 0.25) is 0 Å². The van der Waals surface area contributed by atoms with Gasteiger partial charge in [0.2, 0.25) is 0 Å². The minimum absolute atomic E-state index is 0.168. The zero-order chi connectivity index (χ0) is 19.5. The van der Waals surface area contributed by atoms with Gasteiger partial charge in [0.05, 0.1) is 28.7 Å². The molecule has 1 aromatic heterocycles. The molecule has 1 heterocycles. The molecule has 0 saturated carbocycles. The number of carbonyl (C=O) groups excluding carboxylic acids is 1. The van der Waals surface area contributed by atoms with Gasteiger partial charge in [-0.25, -0.2) is 4.68 Å². The average Bonchev–Trinajstić information content (AvgIpc) is 2.94. The molecule has 26 heavy (non-hydrogen) atoms. The van der Waals surface area contributed by atoms with Crippen LogP contribution in [-0.4, -0.2) is 28.3 Å². The lowest BCUT2D eigenvalue weighted by atomic mass is 10.0. The molecule has 0 bridgehead atoms. The van der Waals surface area contributed by atoms with Crippen LogP contribution in [0, 0.1) is 12.8 Å². The van der Waals surface area contributed by atoms with E-state index in [0.29, 0.717) is 23.7 Å². The second kappa shape index (κ2) is 7.90. The maximum absolute atomic E-state index is 12.9. The smallest absolute Gasteiger partial charge is 0.348 e. The van der Waals surface area contributed by atoms with E-state index in [1.807, 2.05) is 13.8 Å². The highest BCUT2D eigenvalue weighted by atomic mass is 19.4. The van der Waals surface area contributed by atoms with Crippen molar-refractivity contribution in [2.75, 3.05) is 6.54 Å². The predicted molar refractivity (Wildman–Crippen MR) is 93.1 cm³/mol. The lowest BCUT2D eigenvalue weighted by molar-refractivity contribution is -0.137. The fourth-order valence-corrected chi connectivity index (χ4v) is 2.75. The van der Waals surface area contributed by atoms with Gasteiger partial charge in [-0.2, -0.15) is 18.3 Å².